The molecule has 0 saturated heterocycles. The van der Waals surface area contributed by atoms with Gasteiger partial charge >= 0.3 is 0 Å². The van der Waals surface area contributed by atoms with Crippen LogP contribution in [0.5, 0.6) is 0 Å². The molecule has 0 fully saturated rings. The molecule has 4 nitrogen and oxygen atoms in total. The van der Waals surface area contributed by atoms with Crippen molar-refractivity contribution in [3.05, 3.63) is 79.1 Å². The van der Waals surface area contributed by atoms with Crippen LogP contribution in [0.4, 0.5) is 8.78 Å². The summed E-state index contributed by atoms with van der Waals surface area (Å²) in [7, 11) is 0. The Morgan fingerprint density at radius 1 is 1.26 bits per heavy atom. The molecule has 0 aliphatic heterocycles. The molecule has 0 aliphatic rings. The monoisotopic (exact) mass is 401 g/mol. The third-order valence-corrected chi connectivity index (χ3v) is 4.32. The van der Waals surface area contributed by atoms with E-state index in [1.807, 2.05) is 0 Å². The first-order valence-corrected chi connectivity index (χ1v) is 7.61. The topological polar surface area (TPSA) is 69.0 Å². The van der Waals surface area contributed by atoms with Crippen LogP contribution in [0.1, 0.15) is 24.2 Å². The lowest BCUT2D eigenvalue weighted by atomic mass is 9.83. The number of rotatable bonds is 4. The molecule has 0 amide bonds. The Labute approximate surface area is 144 Å². The second-order valence-electron chi connectivity index (χ2n) is 5.04. The number of hydrogen-bond acceptors (Lipinski definition) is 2. The van der Waals surface area contributed by atoms with Crippen molar-refractivity contribution in [2.45, 2.75) is 18.6 Å². The summed E-state index contributed by atoms with van der Waals surface area (Å²) in [5.74, 6) is -1.40. The summed E-state index contributed by atoms with van der Waals surface area (Å²) in [5.41, 5.74) is 7.26. The number of azide groups is 1. The zero-order valence-electron chi connectivity index (χ0n) is 11.8. The van der Waals surface area contributed by atoms with E-state index in [1.165, 1.54) is 31.2 Å². The zero-order chi connectivity index (χ0) is 17.2. The summed E-state index contributed by atoms with van der Waals surface area (Å²) in [6, 6.07) is 7.81. The first-order chi connectivity index (χ1) is 10.8. The minimum Gasteiger partial charge on any atom is -0.387 e. The number of halogens is 4. The second kappa shape index (κ2) is 6.84. The zero-order valence-corrected chi connectivity index (χ0v) is 14.2. The number of aliphatic hydroxyl groups is 1. The molecule has 1 N–H and O–H groups in total. The minimum atomic E-state index is -1.67. The van der Waals surface area contributed by atoms with E-state index in [4.69, 9.17) is 17.1 Å². The van der Waals surface area contributed by atoms with E-state index in [-0.39, 0.29) is 16.1 Å². The highest BCUT2D eigenvalue weighted by Gasteiger charge is 2.37. The lowest BCUT2D eigenvalue weighted by molar-refractivity contribution is 0.0908. The lowest BCUT2D eigenvalue weighted by Crippen LogP contribution is -2.29. The molecule has 0 heterocycles. The third kappa shape index (κ3) is 3.48. The molecule has 2 atom stereocenters. The number of aliphatic hydroxyl groups excluding tert-OH is 1. The Bertz CT molecular complexity index is 798. The Morgan fingerprint density at radius 2 is 1.96 bits per heavy atom. The van der Waals surface area contributed by atoms with E-state index in [2.05, 4.69) is 26.0 Å². The van der Waals surface area contributed by atoms with E-state index >= 15 is 0 Å². The fourth-order valence-electron chi connectivity index (χ4n) is 2.26. The maximum absolute atomic E-state index is 14.3. The summed E-state index contributed by atoms with van der Waals surface area (Å²) in [5, 5.41) is 14.0. The smallest absolute Gasteiger partial charge is 0.142 e. The lowest BCUT2D eigenvalue weighted by Gasteiger charge is -2.31. The van der Waals surface area contributed by atoms with Crippen LogP contribution in [-0.2, 0) is 5.54 Å². The van der Waals surface area contributed by atoms with Gasteiger partial charge in [0.05, 0.1) is 11.1 Å². The summed E-state index contributed by atoms with van der Waals surface area (Å²) in [4.78, 5) is 2.70. The quantitative estimate of drug-likeness (QED) is 0.401. The summed E-state index contributed by atoms with van der Waals surface area (Å²) >= 11 is 8.75. The Morgan fingerprint density at radius 3 is 2.52 bits per heavy atom. The molecule has 8 heteroatoms. The van der Waals surface area contributed by atoms with Gasteiger partial charge in [0.15, 0.2) is 0 Å². The average Bonchev–Trinajstić information content (AvgIpc) is 2.49. The van der Waals surface area contributed by atoms with Crippen LogP contribution in [0.25, 0.3) is 10.4 Å². The summed E-state index contributed by atoms with van der Waals surface area (Å²) < 4.78 is 28.4. The van der Waals surface area contributed by atoms with Gasteiger partial charge in [0.25, 0.3) is 0 Å². The van der Waals surface area contributed by atoms with Crippen molar-refractivity contribution in [1.82, 2.24) is 0 Å². The number of benzene rings is 2. The van der Waals surface area contributed by atoms with Gasteiger partial charge in [0, 0.05) is 14.9 Å². The highest BCUT2D eigenvalue weighted by molar-refractivity contribution is 9.10. The van der Waals surface area contributed by atoms with Gasteiger partial charge in [-0.05, 0) is 42.3 Å². The molecular formula is C15H11BrClF2N3O. The van der Waals surface area contributed by atoms with Crippen molar-refractivity contribution >= 4 is 27.5 Å². The summed E-state index contributed by atoms with van der Waals surface area (Å²) in [6.07, 6.45) is -1.47. The minimum absolute atomic E-state index is 0.0126. The second-order valence-corrected chi connectivity index (χ2v) is 6.36. The van der Waals surface area contributed by atoms with Crippen molar-refractivity contribution in [2.24, 2.45) is 5.11 Å². The Hall–Kier alpha value is -1.66. The standard InChI is InChI=1S/C15H11BrClF2N3O/c1-15(21-22-20,10-4-3-9(16)7-12(10)18)14(23)8-2-5-11(17)13(19)6-8/h2-7,14,23H,1H3/t14-,15+/m1/s1. The molecule has 0 aromatic heterocycles. The predicted octanol–water partition coefficient (Wildman–Crippen LogP) is 5.64. The Kier molecular flexibility index (Phi) is 5.26. The van der Waals surface area contributed by atoms with Gasteiger partial charge in [-0.1, -0.05) is 44.8 Å². The normalized spacial score (nSPS) is 14.7. The third-order valence-electron chi connectivity index (χ3n) is 3.52. The first-order valence-electron chi connectivity index (χ1n) is 6.44. The molecule has 0 aliphatic carbocycles. The van der Waals surface area contributed by atoms with E-state index in [0.29, 0.717) is 4.47 Å². The van der Waals surface area contributed by atoms with Crippen molar-refractivity contribution in [1.29, 1.82) is 0 Å². The molecule has 0 saturated carbocycles. The van der Waals surface area contributed by atoms with Crippen molar-refractivity contribution in [3.8, 4) is 0 Å². The van der Waals surface area contributed by atoms with Gasteiger partial charge < -0.3 is 5.11 Å². The highest BCUT2D eigenvalue weighted by Crippen LogP contribution is 2.41. The van der Waals surface area contributed by atoms with Gasteiger partial charge in [-0.2, -0.15) is 0 Å². The molecule has 120 valence electrons. The number of hydrogen-bond donors (Lipinski definition) is 1. The van der Waals surface area contributed by atoms with Crippen LogP contribution in [0.2, 0.25) is 5.02 Å². The fraction of sp³-hybridized carbons (Fsp3) is 0.200. The van der Waals surface area contributed by atoms with E-state index in [9.17, 15) is 13.9 Å². The van der Waals surface area contributed by atoms with Gasteiger partial charge in [-0.25, -0.2) is 8.78 Å². The van der Waals surface area contributed by atoms with Crippen LogP contribution < -0.4 is 0 Å². The fourth-order valence-corrected chi connectivity index (χ4v) is 2.71. The first kappa shape index (κ1) is 17.7. The van der Waals surface area contributed by atoms with Crippen LogP contribution in [0.15, 0.2) is 46.0 Å². The summed E-state index contributed by atoms with van der Waals surface area (Å²) in [6.45, 7) is 1.37. The molecular weight excluding hydrogens is 392 g/mol. The van der Waals surface area contributed by atoms with E-state index in [0.717, 1.165) is 6.07 Å². The molecule has 23 heavy (non-hydrogen) atoms. The van der Waals surface area contributed by atoms with E-state index in [1.54, 1.807) is 6.07 Å². The SMILES string of the molecule is C[C@](N=[N+]=[N-])(c1ccc(Br)cc1F)[C@H](O)c1ccc(Cl)c(F)c1. The molecule has 0 unspecified atom stereocenters. The largest absolute Gasteiger partial charge is 0.387 e. The average molecular weight is 403 g/mol. The number of nitrogens with zero attached hydrogens (tertiary/aromatic N) is 3. The van der Waals surface area contributed by atoms with Crippen molar-refractivity contribution < 1.29 is 13.9 Å². The molecule has 0 radical (unpaired) electrons. The van der Waals surface area contributed by atoms with Crippen LogP contribution in [0.3, 0.4) is 0 Å². The molecule has 2 aromatic carbocycles. The molecule has 0 spiro atoms. The molecule has 2 aromatic rings. The van der Waals surface area contributed by atoms with Crippen LogP contribution in [-0.4, -0.2) is 5.11 Å². The van der Waals surface area contributed by atoms with Gasteiger partial charge in [0.1, 0.15) is 17.2 Å². The van der Waals surface area contributed by atoms with Gasteiger partial charge in [-0.3, -0.25) is 0 Å². The Balaban J connectivity index is 2.59. The van der Waals surface area contributed by atoms with Crippen LogP contribution >= 0.6 is 27.5 Å². The van der Waals surface area contributed by atoms with Gasteiger partial charge in [-0.15, -0.1) is 0 Å². The maximum atomic E-state index is 14.3. The van der Waals surface area contributed by atoms with E-state index < -0.39 is 23.3 Å². The van der Waals surface area contributed by atoms with Crippen LogP contribution in [0, 0.1) is 11.6 Å². The molecule has 0 bridgehead atoms. The predicted molar refractivity (Wildman–Crippen MR) is 87.0 cm³/mol. The maximum Gasteiger partial charge on any atom is 0.142 e. The van der Waals surface area contributed by atoms with Gasteiger partial charge in [0.2, 0.25) is 0 Å². The van der Waals surface area contributed by atoms with Crippen molar-refractivity contribution in [3.63, 3.8) is 0 Å². The van der Waals surface area contributed by atoms with Crippen molar-refractivity contribution in [2.75, 3.05) is 0 Å². The molecule has 2 rings (SSSR count). The highest BCUT2D eigenvalue weighted by atomic mass is 79.9.